The van der Waals surface area contributed by atoms with E-state index in [2.05, 4.69) is 17.3 Å². The summed E-state index contributed by atoms with van der Waals surface area (Å²) in [5, 5.41) is 4.08. The zero-order valence-corrected chi connectivity index (χ0v) is 11.1. The number of thiophene rings is 1. The first kappa shape index (κ1) is 13.1. The standard InChI is InChI=1S/C11H18N4O2S/c1-15-2-3-17-7(6-15)5-14-9-4-8(12)10(18-9)11(13)16/h4,7,14H,2-3,5-6,12H2,1H3,(H2,13,16). The Kier molecular flexibility index (Phi) is 4.05. The van der Waals surface area contributed by atoms with Gasteiger partial charge >= 0.3 is 0 Å². The van der Waals surface area contributed by atoms with Gasteiger partial charge in [-0.15, -0.1) is 11.3 Å². The Morgan fingerprint density at radius 2 is 2.50 bits per heavy atom. The number of ether oxygens (including phenoxy) is 1. The summed E-state index contributed by atoms with van der Waals surface area (Å²) in [6, 6.07) is 1.73. The molecule has 0 bridgehead atoms. The van der Waals surface area contributed by atoms with Crippen LogP contribution in [0.5, 0.6) is 0 Å². The normalized spacial score (nSPS) is 20.8. The minimum Gasteiger partial charge on any atom is -0.397 e. The Bertz CT molecular complexity index is 435. The van der Waals surface area contributed by atoms with Crippen LogP contribution < -0.4 is 16.8 Å². The molecule has 1 saturated heterocycles. The van der Waals surface area contributed by atoms with E-state index < -0.39 is 5.91 Å². The fourth-order valence-corrected chi connectivity index (χ4v) is 2.73. The van der Waals surface area contributed by atoms with Gasteiger partial charge in [0.1, 0.15) is 4.88 Å². The largest absolute Gasteiger partial charge is 0.397 e. The van der Waals surface area contributed by atoms with Gasteiger partial charge < -0.3 is 26.4 Å². The van der Waals surface area contributed by atoms with Gasteiger partial charge in [-0.3, -0.25) is 4.79 Å². The van der Waals surface area contributed by atoms with Gasteiger partial charge in [-0.05, 0) is 13.1 Å². The first-order chi connectivity index (χ1) is 8.56. The quantitative estimate of drug-likeness (QED) is 0.725. The lowest BCUT2D eigenvalue weighted by molar-refractivity contribution is -0.0116. The van der Waals surface area contributed by atoms with Crippen molar-refractivity contribution in [2.75, 3.05) is 44.3 Å². The molecule has 18 heavy (non-hydrogen) atoms. The maximum Gasteiger partial charge on any atom is 0.260 e. The Morgan fingerprint density at radius 1 is 1.72 bits per heavy atom. The van der Waals surface area contributed by atoms with Gasteiger partial charge in [0.05, 0.1) is 23.4 Å². The van der Waals surface area contributed by atoms with E-state index in [4.69, 9.17) is 16.2 Å². The zero-order valence-electron chi connectivity index (χ0n) is 10.3. The number of anilines is 2. The second-order valence-corrected chi connectivity index (χ2v) is 5.45. The molecule has 1 aliphatic heterocycles. The van der Waals surface area contributed by atoms with E-state index in [0.717, 1.165) is 24.7 Å². The first-order valence-electron chi connectivity index (χ1n) is 5.79. The van der Waals surface area contributed by atoms with Gasteiger partial charge in [0.15, 0.2) is 0 Å². The smallest absolute Gasteiger partial charge is 0.260 e. The molecule has 1 aliphatic rings. The van der Waals surface area contributed by atoms with Crippen LogP contribution in [-0.2, 0) is 4.74 Å². The number of hydrogen-bond acceptors (Lipinski definition) is 6. The molecule has 1 aromatic rings. The van der Waals surface area contributed by atoms with Crippen molar-refractivity contribution in [1.29, 1.82) is 0 Å². The second-order valence-electron chi connectivity index (χ2n) is 4.40. The van der Waals surface area contributed by atoms with Crippen LogP contribution in [0.15, 0.2) is 6.07 Å². The molecule has 0 aromatic carbocycles. The van der Waals surface area contributed by atoms with Gasteiger partial charge in [-0.1, -0.05) is 0 Å². The molecule has 0 radical (unpaired) electrons. The number of hydrogen-bond donors (Lipinski definition) is 3. The van der Waals surface area contributed by atoms with Crippen molar-refractivity contribution in [1.82, 2.24) is 4.90 Å². The van der Waals surface area contributed by atoms with Crippen molar-refractivity contribution in [2.45, 2.75) is 6.10 Å². The van der Waals surface area contributed by atoms with Crippen LogP contribution >= 0.6 is 11.3 Å². The molecular formula is C11H18N4O2S. The number of carbonyl (C=O) groups excluding carboxylic acids is 1. The van der Waals surface area contributed by atoms with Gasteiger partial charge in [0, 0.05) is 19.6 Å². The summed E-state index contributed by atoms with van der Waals surface area (Å²) >= 11 is 1.28. The SMILES string of the molecule is CN1CCOC(CNc2cc(N)c(C(N)=O)s2)C1. The van der Waals surface area contributed by atoms with E-state index in [9.17, 15) is 4.79 Å². The van der Waals surface area contributed by atoms with Crippen LogP contribution in [-0.4, -0.2) is 50.2 Å². The van der Waals surface area contributed by atoms with Crippen LogP contribution in [0.4, 0.5) is 10.7 Å². The highest BCUT2D eigenvalue weighted by molar-refractivity contribution is 7.18. The predicted molar refractivity (Wildman–Crippen MR) is 73.0 cm³/mol. The van der Waals surface area contributed by atoms with Gasteiger partial charge in [0.2, 0.25) is 0 Å². The molecule has 1 unspecified atom stereocenters. The Morgan fingerprint density at radius 3 is 3.11 bits per heavy atom. The third kappa shape index (κ3) is 3.12. The number of nitrogens with zero attached hydrogens (tertiary/aromatic N) is 1. The van der Waals surface area contributed by atoms with Crippen molar-refractivity contribution >= 4 is 27.9 Å². The van der Waals surface area contributed by atoms with Crippen molar-refractivity contribution in [3.05, 3.63) is 10.9 Å². The van der Waals surface area contributed by atoms with E-state index in [1.165, 1.54) is 11.3 Å². The summed E-state index contributed by atoms with van der Waals surface area (Å²) < 4.78 is 5.63. The molecule has 5 N–H and O–H groups in total. The average Bonchev–Trinajstić information content (AvgIpc) is 2.68. The molecule has 1 fully saturated rings. The second kappa shape index (κ2) is 5.55. The lowest BCUT2D eigenvalue weighted by atomic mass is 10.3. The first-order valence-corrected chi connectivity index (χ1v) is 6.61. The lowest BCUT2D eigenvalue weighted by Crippen LogP contribution is -2.43. The summed E-state index contributed by atoms with van der Waals surface area (Å²) in [4.78, 5) is 13.7. The molecule has 0 spiro atoms. The molecule has 1 aromatic heterocycles. The summed E-state index contributed by atoms with van der Waals surface area (Å²) in [6.45, 7) is 3.31. The van der Waals surface area contributed by atoms with Gasteiger partial charge in [-0.25, -0.2) is 0 Å². The topological polar surface area (TPSA) is 93.6 Å². The number of likely N-dealkylation sites (N-methyl/N-ethyl adjacent to an activating group) is 1. The molecule has 1 atom stereocenters. The lowest BCUT2D eigenvalue weighted by Gasteiger charge is -2.30. The number of amides is 1. The molecule has 100 valence electrons. The molecule has 0 saturated carbocycles. The minimum absolute atomic E-state index is 0.157. The highest BCUT2D eigenvalue weighted by atomic mass is 32.1. The number of nitrogens with one attached hydrogen (secondary N) is 1. The summed E-state index contributed by atoms with van der Waals surface area (Å²) in [7, 11) is 2.07. The molecule has 2 rings (SSSR count). The monoisotopic (exact) mass is 270 g/mol. The molecule has 0 aliphatic carbocycles. The summed E-state index contributed by atoms with van der Waals surface area (Å²) in [5.74, 6) is -0.487. The van der Waals surface area contributed by atoms with Crippen molar-refractivity contribution in [2.24, 2.45) is 5.73 Å². The molecule has 7 heteroatoms. The molecular weight excluding hydrogens is 252 g/mol. The van der Waals surface area contributed by atoms with Crippen LogP contribution in [0.3, 0.4) is 0 Å². The van der Waals surface area contributed by atoms with Crippen molar-refractivity contribution in [3.8, 4) is 0 Å². The van der Waals surface area contributed by atoms with Crippen LogP contribution in [0.1, 0.15) is 9.67 Å². The highest BCUT2D eigenvalue weighted by Gasteiger charge is 2.18. The number of morpholine rings is 1. The van der Waals surface area contributed by atoms with Crippen molar-refractivity contribution < 1.29 is 9.53 Å². The summed E-state index contributed by atoms with van der Waals surface area (Å²) in [5.41, 5.74) is 11.3. The Balaban J connectivity index is 1.90. The third-order valence-electron chi connectivity index (χ3n) is 2.83. The third-order valence-corrected chi connectivity index (χ3v) is 3.95. The van der Waals surface area contributed by atoms with Gasteiger partial charge in [-0.2, -0.15) is 0 Å². The van der Waals surface area contributed by atoms with E-state index in [-0.39, 0.29) is 6.10 Å². The Labute approximate surface area is 110 Å². The highest BCUT2D eigenvalue weighted by Crippen LogP contribution is 2.28. The average molecular weight is 270 g/mol. The maximum absolute atomic E-state index is 11.1. The number of nitrogen functional groups attached to an aromatic ring is 1. The number of primary amides is 1. The minimum atomic E-state index is -0.487. The molecule has 6 nitrogen and oxygen atoms in total. The maximum atomic E-state index is 11.1. The number of rotatable bonds is 4. The van der Waals surface area contributed by atoms with E-state index >= 15 is 0 Å². The number of carbonyl (C=O) groups is 1. The fourth-order valence-electron chi connectivity index (χ4n) is 1.89. The molecule has 2 heterocycles. The zero-order chi connectivity index (χ0) is 13.1. The predicted octanol–water partition coefficient (Wildman–Crippen LogP) is 0.172. The van der Waals surface area contributed by atoms with Crippen LogP contribution in [0.25, 0.3) is 0 Å². The Hall–Kier alpha value is -1.31. The summed E-state index contributed by atoms with van der Waals surface area (Å²) in [6.07, 6.45) is 0.157. The van der Waals surface area contributed by atoms with Crippen LogP contribution in [0, 0.1) is 0 Å². The molecule has 1 amide bonds. The fraction of sp³-hybridized carbons (Fsp3) is 0.545. The van der Waals surface area contributed by atoms with E-state index in [1.54, 1.807) is 6.07 Å². The van der Waals surface area contributed by atoms with Crippen molar-refractivity contribution in [3.63, 3.8) is 0 Å². The van der Waals surface area contributed by atoms with Gasteiger partial charge in [0.25, 0.3) is 5.91 Å². The van der Waals surface area contributed by atoms with Crippen LogP contribution in [0.2, 0.25) is 0 Å². The number of nitrogens with two attached hydrogens (primary N) is 2. The van der Waals surface area contributed by atoms with E-state index in [0.29, 0.717) is 17.1 Å². The van der Waals surface area contributed by atoms with E-state index in [1.807, 2.05) is 0 Å².